The minimum absolute atomic E-state index is 0.0777. The van der Waals surface area contributed by atoms with Gasteiger partial charge in [0, 0.05) is 18.1 Å². The van der Waals surface area contributed by atoms with Crippen LogP contribution < -0.4 is 14.8 Å². The van der Waals surface area contributed by atoms with Gasteiger partial charge < -0.3 is 10.1 Å². The number of fused-ring (bicyclic) bond motifs is 1. The van der Waals surface area contributed by atoms with Gasteiger partial charge in [-0.05, 0) is 48.9 Å². The quantitative estimate of drug-likeness (QED) is 0.321. The Morgan fingerprint density at radius 1 is 1.00 bits per heavy atom. The molecule has 0 unspecified atom stereocenters. The maximum absolute atomic E-state index is 12.5. The first-order valence-electron chi connectivity index (χ1n) is 10.1. The van der Waals surface area contributed by atoms with E-state index in [4.69, 9.17) is 4.74 Å². The first-order chi connectivity index (χ1) is 16.5. The lowest BCUT2D eigenvalue weighted by Crippen LogP contribution is -2.13. The summed E-state index contributed by atoms with van der Waals surface area (Å²) in [5.74, 6) is 0.254. The van der Waals surface area contributed by atoms with Crippen LogP contribution in [-0.2, 0) is 31.1 Å². The van der Waals surface area contributed by atoms with Gasteiger partial charge in [0.2, 0.25) is 5.91 Å². The van der Waals surface area contributed by atoms with E-state index in [9.17, 15) is 21.6 Å². The molecule has 0 aliphatic carbocycles. The van der Waals surface area contributed by atoms with Crippen molar-refractivity contribution in [2.75, 3.05) is 23.4 Å². The highest BCUT2D eigenvalue weighted by Crippen LogP contribution is 2.28. The second-order valence-corrected chi connectivity index (χ2v) is 13.0. The molecule has 4 aromatic rings. The molecule has 4 rings (SSSR count). The molecule has 184 valence electrons. The standard InChI is InChI=1S/C21H20N4O6S4/c1-31-14-4-6-15(7-5-14)35(29,30)25-21-22-13(12-32-21)3-10-19(26)24-20-23-17-9-8-16(34(2,27)28)11-18(17)33-20/h4-9,11-12H,3,10H2,1-2H3,(H,22,25)(H,23,24,26). The normalized spacial score (nSPS) is 11.9. The third-order valence-corrected chi connectivity index (χ3v) is 9.12. The van der Waals surface area contributed by atoms with Crippen molar-refractivity contribution in [3.8, 4) is 5.75 Å². The van der Waals surface area contributed by atoms with Crippen molar-refractivity contribution in [3.05, 3.63) is 53.5 Å². The minimum atomic E-state index is -3.80. The predicted molar refractivity (Wildman–Crippen MR) is 136 cm³/mol. The van der Waals surface area contributed by atoms with Crippen LogP contribution in [0.3, 0.4) is 0 Å². The average molecular weight is 553 g/mol. The number of nitrogens with zero attached hydrogens (tertiary/aromatic N) is 2. The average Bonchev–Trinajstić information content (AvgIpc) is 3.42. The summed E-state index contributed by atoms with van der Waals surface area (Å²) in [5, 5.41) is 4.95. The summed E-state index contributed by atoms with van der Waals surface area (Å²) in [6.07, 6.45) is 1.54. The van der Waals surface area contributed by atoms with Gasteiger partial charge >= 0.3 is 0 Å². The van der Waals surface area contributed by atoms with Crippen LogP contribution in [0, 0.1) is 0 Å². The van der Waals surface area contributed by atoms with Gasteiger partial charge in [-0.15, -0.1) is 11.3 Å². The van der Waals surface area contributed by atoms with Gasteiger partial charge in [-0.2, -0.15) is 0 Å². The summed E-state index contributed by atoms with van der Waals surface area (Å²) in [7, 11) is -5.65. The third-order valence-electron chi connectivity index (χ3n) is 4.79. The van der Waals surface area contributed by atoms with Crippen LogP contribution in [0.15, 0.2) is 57.6 Å². The maximum atomic E-state index is 12.5. The van der Waals surface area contributed by atoms with Crippen molar-refractivity contribution in [1.82, 2.24) is 9.97 Å². The lowest BCUT2D eigenvalue weighted by Gasteiger charge is -2.06. The molecular weight excluding hydrogens is 533 g/mol. The van der Waals surface area contributed by atoms with Gasteiger partial charge in [0.15, 0.2) is 20.1 Å². The van der Waals surface area contributed by atoms with Crippen LogP contribution in [0.5, 0.6) is 5.75 Å². The molecule has 10 nitrogen and oxygen atoms in total. The Kier molecular flexibility index (Phi) is 7.07. The fourth-order valence-corrected chi connectivity index (χ4v) is 6.65. The largest absolute Gasteiger partial charge is 0.497 e. The molecule has 0 aliphatic heterocycles. The Morgan fingerprint density at radius 3 is 2.40 bits per heavy atom. The molecule has 0 atom stereocenters. The number of aryl methyl sites for hydroxylation is 1. The third kappa shape index (κ3) is 6.14. The van der Waals surface area contributed by atoms with Crippen LogP contribution in [0.25, 0.3) is 10.2 Å². The van der Waals surface area contributed by atoms with Crippen LogP contribution in [-0.4, -0.2) is 46.1 Å². The van der Waals surface area contributed by atoms with Gasteiger partial charge in [0.05, 0.1) is 32.8 Å². The molecule has 1 amide bonds. The molecule has 0 spiro atoms. The number of sulfone groups is 1. The monoisotopic (exact) mass is 552 g/mol. The number of aromatic nitrogens is 2. The molecule has 0 saturated heterocycles. The molecule has 0 radical (unpaired) electrons. The molecule has 2 aromatic carbocycles. The Labute approximate surface area is 210 Å². The lowest BCUT2D eigenvalue weighted by molar-refractivity contribution is -0.116. The highest BCUT2D eigenvalue weighted by atomic mass is 32.2. The number of hydrogen-bond donors (Lipinski definition) is 2. The number of ether oxygens (including phenoxy) is 1. The van der Waals surface area contributed by atoms with Gasteiger partial charge in [-0.1, -0.05) is 11.3 Å². The van der Waals surface area contributed by atoms with Gasteiger partial charge in [-0.3, -0.25) is 9.52 Å². The SMILES string of the molecule is COc1ccc(S(=O)(=O)Nc2nc(CCC(=O)Nc3nc4ccc(S(C)(=O)=O)cc4s3)cs2)cc1. The Morgan fingerprint density at radius 2 is 1.71 bits per heavy atom. The van der Waals surface area contributed by atoms with Gasteiger partial charge in [0.1, 0.15) is 5.75 Å². The van der Waals surface area contributed by atoms with Crippen molar-refractivity contribution in [2.24, 2.45) is 0 Å². The Balaban J connectivity index is 1.35. The molecule has 14 heteroatoms. The molecule has 0 aliphatic rings. The highest BCUT2D eigenvalue weighted by Gasteiger charge is 2.17. The maximum Gasteiger partial charge on any atom is 0.263 e. The summed E-state index contributed by atoms with van der Waals surface area (Å²) in [5.41, 5.74) is 1.16. The number of anilines is 2. The van der Waals surface area contributed by atoms with E-state index in [2.05, 4.69) is 20.0 Å². The van der Waals surface area contributed by atoms with E-state index in [-0.39, 0.29) is 27.3 Å². The minimum Gasteiger partial charge on any atom is -0.497 e. The van der Waals surface area contributed by atoms with Gasteiger partial charge in [-0.25, -0.2) is 26.8 Å². The van der Waals surface area contributed by atoms with E-state index in [0.29, 0.717) is 33.2 Å². The zero-order valence-electron chi connectivity index (χ0n) is 18.5. The van der Waals surface area contributed by atoms with E-state index in [1.54, 1.807) is 23.6 Å². The van der Waals surface area contributed by atoms with E-state index >= 15 is 0 Å². The van der Waals surface area contributed by atoms with Crippen molar-refractivity contribution in [2.45, 2.75) is 22.6 Å². The van der Waals surface area contributed by atoms with Crippen LogP contribution >= 0.6 is 22.7 Å². The Hall–Kier alpha value is -3.07. The molecule has 2 N–H and O–H groups in total. The van der Waals surface area contributed by atoms with E-state index in [1.165, 1.54) is 42.7 Å². The number of sulfonamides is 1. The number of nitrogens with one attached hydrogen (secondary N) is 2. The second-order valence-electron chi connectivity index (χ2n) is 7.39. The fraction of sp³-hybridized carbons (Fsp3) is 0.190. The van der Waals surface area contributed by atoms with E-state index in [0.717, 1.165) is 17.6 Å². The number of carbonyl (C=O) groups is 1. The molecular formula is C21H20N4O6S4. The van der Waals surface area contributed by atoms with Crippen molar-refractivity contribution >= 4 is 68.9 Å². The summed E-state index contributed by atoms with van der Waals surface area (Å²) >= 11 is 2.31. The number of methoxy groups -OCH3 is 1. The molecule has 2 aromatic heterocycles. The van der Waals surface area contributed by atoms with Gasteiger partial charge in [0.25, 0.3) is 10.0 Å². The van der Waals surface area contributed by atoms with Crippen molar-refractivity contribution < 1.29 is 26.4 Å². The molecule has 0 saturated carbocycles. The summed E-state index contributed by atoms with van der Waals surface area (Å²) in [4.78, 5) is 21.2. The zero-order valence-corrected chi connectivity index (χ0v) is 21.8. The van der Waals surface area contributed by atoms with Crippen LogP contribution in [0.1, 0.15) is 12.1 Å². The first-order valence-corrected chi connectivity index (χ1v) is 15.1. The number of rotatable bonds is 9. The predicted octanol–water partition coefficient (Wildman–Crippen LogP) is 3.54. The smallest absolute Gasteiger partial charge is 0.263 e. The Bertz CT molecular complexity index is 1590. The number of amides is 1. The van der Waals surface area contributed by atoms with E-state index < -0.39 is 19.9 Å². The van der Waals surface area contributed by atoms with E-state index in [1.807, 2.05) is 0 Å². The molecule has 2 heterocycles. The van der Waals surface area contributed by atoms with Crippen molar-refractivity contribution in [1.29, 1.82) is 0 Å². The van der Waals surface area contributed by atoms with Crippen LogP contribution in [0.2, 0.25) is 0 Å². The summed E-state index contributed by atoms with van der Waals surface area (Å²) in [6.45, 7) is 0. The first kappa shape index (κ1) is 25.0. The van der Waals surface area contributed by atoms with Crippen LogP contribution in [0.4, 0.5) is 10.3 Å². The van der Waals surface area contributed by atoms with Crippen molar-refractivity contribution in [3.63, 3.8) is 0 Å². The number of benzene rings is 2. The lowest BCUT2D eigenvalue weighted by atomic mass is 10.2. The second kappa shape index (κ2) is 9.89. The summed E-state index contributed by atoms with van der Waals surface area (Å²) < 4.78 is 56.6. The number of carbonyl (C=O) groups excluding carboxylic acids is 1. The number of hydrogen-bond acceptors (Lipinski definition) is 10. The molecule has 0 bridgehead atoms. The number of thiazole rings is 2. The molecule has 35 heavy (non-hydrogen) atoms. The highest BCUT2D eigenvalue weighted by molar-refractivity contribution is 7.93. The molecule has 0 fully saturated rings. The fourth-order valence-electron chi connectivity index (χ4n) is 3.01. The summed E-state index contributed by atoms with van der Waals surface area (Å²) in [6, 6.07) is 10.6. The topological polar surface area (TPSA) is 144 Å². The zero-order chi connectivity index (χ0) is 25.2.